The number of benzene rings is 2. The average Bonchev–Trinajstić information content (AvgIpc) is 3.02. The second kappa shape index (κ2) is 7.95. The minimum atomic E-state index is -0.394. The van der Waals surface area contributed by atoms with Gasteiger partial charge in [-0.25, -0.2) is 0 Å². The lowest BCUT2D eigenvalue weighted by Gasteiger charge is -2.08. The van der Waals surface area contributed by atoms with E-state index in [0.29, 0.717) is 21.1 Å². The van der Waals surface area contributed by atoms with Crippen LogP contribution >= 0.6 is 34.5 Å². The summed E-state index contributed by atoms with van der Waals surface area (Å²) in [7, 11) is 0. The maximum atomic E-state index is 12.4. The molecule has 1 heterocycles. The summed E-state index contributed by atoms with van der Waals surface area (Å²) < 4.78 is 0. The molecule has 0 aliphatic heterocycles. The summed E-state index contributed by atoms with van der Waals surface area (Å²) in [6.45, 7) is 2.14. The quantitative estimate of drug-likeness (QED) is 0.629. The molecule has 4 nitrogen and oxygen atoms in total. The average molecular weight is 392 g/mol. The van der Waals surface area contributed by atoms with E-state index in [-0.39, 0.29) is 5.56 Å². The standard InChI is InChI=1S/C18H15Cl2N3OS/c1-11(12-6-3-2-4-7-12)10-15-22-23-18(25-15)21-17(24)16-13(19)8-5-9-14(16)20/h2-9,11H,10H2,1H3,(H,21,23,24). The predicted molar refractivity (Wildman–Crippen MR) is 103 cm³/mol. The third-order valence-electron chi connectivity index (χ3n) is 3.73. The summed E-state index contributed by atoms with van der Waals surface area (Å²) in [5.41, 5.74) is 1.48. The van der Waals surface area contributed by atoms with Gasteiger partial charge in [-0.1, -0.05) is 77.9 Å². The van der Waals surface area contributed by atoms with Crippen LogP contribution in [0.5, 0.6) is 0 Å². The monoisotopic (exact) mass is 391 g/mol. The maximum absolute atomic E-state index is 12.4. The molecular formula is C18H15Cl2N3OS. The SMILES string of the molecule is CC(Cc1nnc(NC(=O)c2c(Cl)cccc2Cl)s1)c1ccccc1. The van der Waals surface area contributed by atoms with Crippen LogP contribution < -0.4 is 5.32 Å². The second-order valence-corrected chi connectivity index (χ2v) is 7.44. The minimum absolute atomic E-state index is 0.236. The number of carbonyl (C=O) groups is 1. The lowest BCUT2D eigenvalue weighted by atomic mass is 9.98. The summed E-state index contributed by atoms with van der Waals surface area (Å²) in [6.07, 6.45) is 0.754. The molecule has 3 aromatic rings. The molecule has 1 N–H and O–H groups in total. The van der Waals surface area contributed by atoms with Crippen LogP contribution in [0.4, 0.5) is 5.13 Å². The van der Waals surface area contributed by atoms with Crippen LogP contribution in [0.1, 0.15) is 33.8 Å². The number of halogens is 2. The lowest BCUT2D eigenvalue weighted by molar-refractivity contribution is 0.102. The zero-order chi connectivity index (χ0) is 17.8. The molecule has 0 fully saturated rings. The van der Waals surface area contributed by atoms with Crippen molar-refractivity contribution in [1.82, 2.24) is 10.2 Å². The van der Waals surface area contributed by atoms with Gasteiger partial charge in [0.05, 0.1) is 15.6 Å². The molecule has 0 bridgehead atoms. The van der Waals surface area contributed by atoms with Gasteiger partial charge in [-0.2, -0.15) is 0 Å². The van der Waals surface area contributed by atoms with E-state index < -0.39 is 5.91 Å². The van der Waals surface area contributed by atoms with Gasteiger partial charge in [-0.15, -0.1) is 10.2 Å². The first-order valence-corrected chi connectivity index (χ1v) is 9.24. The van der Waals surface area contributed by atoms with Crippen LogP contribution in [-0.4, -0.2) is 16.1 Å². The van der Waals surface area contributed by atoms with Gasteiger partial charge in [-0.05, 0) is 23.6 Å². The molecule has 0 saturated heterocycles. The van der Waals surface area contributed by atoms with Crippen LogP contribution in [0.15, 0.2) is 48.5 Å². The molecular weight excluding hydrogens is 377 g/mol. The molecule has 0 saturated carbocycles. The van der Waals surface area contributed by atoms with E-state index in [2.05, 4.69) is 34.6 Å². The number of nitrogens with one attached hydrogen (secondary N) is 1. The van der Waals surface area contributed by atoms with Crippen molar-refractivity contribution in [2.24, 2.45) is 0 Å². The Morgan fingerprint density at radius 2 is 1.76 bits per heavy atom. The van der Waals surface area contributed by atoms with Crippen LogP contribution in [0.2, 0.25) is 10.0 Å². The third kappa shape index (κ3) is 4.37. The number of aromatic nitrogens is 2. The van der Waals surface area contributed by atoms with Crippen LogP contribution in [0.25, 0.3) is 0 Å². The minimum Gasteiger partial charge on any atom is -0.296 e. The molecule has 1 unspecified atom stereocenters. The van der Waals surface area contributed by atoms with Gasteiger partial charge in [0, 0.05) is 6.42 Å². The molecule has 2 aromatic carbocycles. The van der Waals surface area contributed by atoms with Gasteiger partial charge < -0.3 is 0 Å². The highest BCUT2D eigenvalue weighted by atomic mass is 35.5. The van der Waals surface area contributed by atoms with Gasteiger partial charge in [0.2, 0.25) is 5.13 Å². The maximum Gasteiger partial charge on any atom is 0.260 e. The molecule has 128 valence electrons. The predicted octanol–water partition coefficient (Wildman–Crippen LogP) is 5.44. The normalized spacial score (nSPS) is 12.0. The van der Waals surface area contributed by atoms with Crippen molar-refractivity contribution in [3.05, 3.63) is 74.7 Å². The smallest absolute Gasteiger partial charge is 0.260 e. The summed E-state index contributed by atoms with van der Waals surface area (Å²) in [5, 5.41) is 12.8. The lowest BCUT2D eigenvalue weighted by Crippen LogP contribution is -2.12. The Bertz CT molecular complexity index is 863. The van der Waals surface area contributed by atoms with E-state index in [0.717, 1.165) is 11.4 Å². The van der Waals surface area contributed by atoms with Gasteiger partial charge in [0.15, 0.2) is 0 Å². The fourth-order valence-corrected chi connectivity index (χ4v) is 3.85. The molecule has 1 amide bonds. The Balaban J connectivity index is 1.69. The Hall–Kier alpha value is -1.95. The highest BCUT2D eigenvalue weighted by Gasteiger charge is 2.17. The summed E-state index contributed by atoms with van der Waals surface area (Å²) in [6, 6.07) is 15.1. The number of anilines is 1. The summed E-state index contributed by atoms with van der Waals surface area (Å²) >= 11 is 13.5. The van der Waals surface area contributed by atoms with E-state index in [9.17, 15) is 4.79 Å². The molecule has 25 heavy (non-hydrogen) atoms. The molecule has 1 atom stereocenters. The molecule has 0 aliphatic carbocycles. The number of amides is 1. The first-order chi connectivity index (χ1) is 12.0. The first kappa shape index (κ1) is 17.9. The Morgan fingerprint density at radius 3 is 2.44 bits per heavy atom. The van der Waals surface area contributed by atoms with Gasteiger partial charge in [0.1, 0.15) is 5.01 Å². The van der Waals surface area contributed by atoms with Crippen molar-refractivity contribution in [3.8, 4) is 0 Å². The number of nitrogens with zero attached hydrogens (tertiary/aromatic N) is 2. The van der Waals surface area contributed by atoms with Crippen LogP contribution in [0.3, 0.4) is 0 Å². The Morgan fingerprint density at radius 1 is 1.08 bits per heavy atom. The van der Waals surface area contributed by atoms with Gasteiger partial charge >= 0.3 is 0 Å². The third-order valence-corrected chi connectivity index (χ3v) is 5.22. The Labute approximate surface area is 159 Å². The molecule has 3 rings (SSSR count). The van der Waals surface area contributed by atoms with Crippen molar-refractivity contribution in [2.45, 2.75) is 19.3 Å². The van der Waals surface area contributed by atoms with Crippen LogP contribution in [-0.2, 0) is 6.42 Å². The van der Waals surface area contributed by atoms with Crippen molar-refractivity contribution in [1.29, 1.82) is 0 Å². The number of rotatable bonds is 5. The van der Waals surface area contributed by atoms with Gasteiger partial charge in [0.25, 0.3) is 5.91 Å². The fraction of sp³-hybridized carbons (Fsp3) is 0.167. The zero-order valence-electron chi connectivity index (χ0n) is 13.4. The molecule has 1 aromatic heterocycles. The highest BCUT2D eigenvalue weighted by Crippen LogP contribution is 2.27. The van der Waals surface area contributed by atoms with Crippen molar-refractivity contribution in [3.63, 3.8) is 0 Å². The van der Waals surface area contributed by atoms with E-state index in [1.54, 1.807) is 18.2 Å². The van der Waals surface area contributed by atoms with E-state index >= 15 is 0 Å². The van der Waals surface area contributed by atoms with Gasteiger partial charge in [-0.3, -0.25) is 10.1 Å². The van der Waals surface area contributed by atoms with E-state index in [1.807, 2.05) is 18.2 Å². The topological polar surface area (TPSA) is 54.9 Å². The van der Waals surface area contributed by atoms with Crippen molar-refractivity contribution < 1.29 is 4.79 Å². The second-order valence-electron chi connectivity index (χ2n) is 5.57. The number of carbonyl (C=O) groups excluding carboxylic acids is 1. The molecule has 0 spiro atoms. The molecule has 0 radical (unpaired) electrons. The zero-order valence-corrected chi connectivity index (χ0v) is 15.7. The van der Waals surface area contributed by atoms with E-state index in [4.69, 9.17) is 23.2 Å². The fourth-order valence-electron chi connectivity index (χ4n) is 2.42. The summed E-state index contributed by atoms with van der Waals surface area (Å²) in [4.78, 5) is 12.4. The largest absolute Gasteiger partial charge is 0.296 e. The number of hydrogen-bond acceptors (Lipinski definition) is 4. The van der Waals surface area contributed by atoms with Crippen molar-refractivity contribution >= 4 is 45.6 Å². The summed E-state index contributed by atoms with van der Waals surface area (Å²) in [5.74, 6) is -0.0786. The number of hydrogen-bond donors (Lipinski definition) is 1. The van der Waals surface area contributed by atoms with E-state index in [1.165, 1.54) is 16.9 Å². The molecule has 0 aliphatic rings. The first-order valence-electron chi connectivity index (χ1n) is 7.67. The Kier molecular flexibility index (Phi) is 5.68. The van der Waals surface area contributed by atoms with Crippen LogP contribution in [0, 0.1) is 0 Å². The molecule has 7 heteroatoms. The van der Waals surface area contributed by atoms with Crippen molar-refractivity contribution in [2.75, 3.05) is 5.32 Å². The highest BCUT2D eigenvalue weighted by molar-refractivity contribution is 7.15.